The van der Waals surface area contributed by atoms with Crippen molar-refractivity contribution in [3.8, 4) is 0 Å². The zero-order chi connectivity index (χ0) is 13.6. The van der Waals surface area contributed by atoms with Crippen LogP contribution in [-0.2, 0) is 0 Å². The van der Waals surface area contributed by atoms with Gasteiger partial charge in [-0.1, -0.05) is 11.6 Å². The molecule has 100 valence electrons. The number of hydrogen-bond acceptors (Lipinski definition) is 3. The van der Waals surface area contributed by atoms with Crippen LogP contribution < -0.4 is 4.90 Å². The molecule has 1 aromatic rings. The van der Waals surface area contributed by atoms with Gasteiger partial charge < -0.3 is 10.0 Å². The lowest BCUT2D eigenvalue weighted by atomic mass is 10.0. The van der Waals surface area contributed by atoms with Gasteiger partial charge in [0.25, 0.3) is 0 Å². The van der Waals surface area contributed by atoms with Gasteiger partial charge in [-0.25, -0.2) is 4.98 Å². The summed E-state index contributed by atoms with van der Waals surface area (Å²) in [7, 11) is 0. The van der Waals surface area contributed by atoms with Gasteiger partial charge in [-0.05, 0) is 22.0 Å². The molecule has 2 rings (SSSR count). The predicted octanol–water partition coefficient (Wildman–Crippen LogP) is 3.00. The number of aliphatic hydroxyl groups is 1. The van der Waals surface area contributed by atoms with Crippen molar-refractivity contribution in [1.29, 1.82) is 0 Å². The van der Waals surface area contributed by atoms with Crippen LogP contribution in [0.3, 0.4) is 0 Å². The molecular weight excluding hydrogens is 336 g/mol. The second-order valence-corrected chi connectivity index (χ2v) is 5.45. The van der Waals surface area contributed by atoms with Crippen molar-refractivity contribution in [2.45, 2.75) is 18.2 Å². The fraction of sp³-hybridized carbons (Fsp3) is 0.500. The molecule has 0 saturated carbocycles. The van der Waals surface area contributed by atoms with E-state index in [0.717, 1.165) is 0 Å². The van der Waals surface area contributed by atoms with Gasteiger partial charge in [-0.15, -0.1) is 0 Å². The molecule has 1 aliphatic heterocycles. The molecule has 1 atom stereocenters. The first-order valence-corrected chi connectivity index (χ1v) is 6.25. The van der Waals surface area contributed by atoms with Crippen molar-refractivity contribution in [2.24, 2.45) is 0 Å². The van der Waals surface area contributed by atoms with E-state index in [9.17, 15) is 18.3 Å². The summed E-state index contributed by atoms with van der Waals surface area (Å²) < 4.78 is 38.5. The average molecular weight is 346 g/mol. The predicted molar refractivity (Wildman–Crippen MR) is 64.8 cm³/mol. The lowest BCUT2D eigenvalue weighted by Gasteiger charge is -2.26. The second kappa shape index (κ2) is 4.54. The quantitative estimate of drug-likeness (QED) is 0.850. The van der Waals surface area contributed by atoms with Gasteiger partial charge >= 0.3 is 6.18 Å². The monoisotopic (exact) mass is 344 g/mol. The molecule has 0 aromatic carbocycles. The zero-order valence-electron chi connectivity index (χ0n) is 9.01. The molecule has 1 saturated heterocycles. The molecule has 0 radical (unpaired) electrons. The number of anilines is 1. The number of alkyl halides is 3. The van der Waals surface area contributed by atoms with E-state index in [2.05, 4.69) is 20.9 Å². The van der Waals surface area contributed by atoms with Crippen LogP contribution in [0.15, 0.2) is 16.7 Å². The van der Waals surface area contributed by atoms with Gasteiger partial charge in [0.15, 0.2) is 5.60 Å². The van der Waals surface area contributed by atoms with E-state index in [0.29, 0.717) is 15.3 Å². The molecule has 0 amide bonds. The minimum absolute atomic E-state index is 0.0865. The van der Waals surface area contributed by atoms with Crippen molar-refractivity contribution in [3.63, 3.8) is 0 Å². The first-order valence-electron chi connectivity index (χ1n) is 5.08. The first-order chi connectivity index (χ1) is 8.23. The fourth-order valence-electron chi connectivity index (χ4n) is 1.85. The van der Waals surface area contributed by atoms with E-state index in [1.165, 1.54) is 11.1 Å². The lowest BCUT2D eigenvalue weighted by Crippen LogP contribution is -2.47. The third-order valence-electron chi connectivity index (χ3n) is 2.86. The summed E-state index contributed by atoms with van der Waals surface area (Å²) in [5.41, 5.74) is -2.67. The maximum absolute atomic E-state index is 12.7. The topological polar surface area (TPSA) is 36.4 Å². The number of aromatic nitrogens is 1. The van der Waals surface area contributed by atoms with Crippen LogP contribution in [0.5, 0.6) is 0 Å². The number of halogens is 5. The smallest absolute Gasteiger partial charge is 0.379 e. The Morgan fingerprint density at radius 2 is 2.17 bits per heavy atom. The summed E-state index contributed by atoms with van der Waals surface area (Å²) >= 11 is 8.91. The Morgan fingerprint density at radius 3 is 2.67 bits per heavy atom. The Kier molecular flexibility index (Phi) is 3.50. The molecule has 1 aliphatic rings. The second-order valence-electron chi connectivity index (χ2n) is 4.16. The molecule has 1 N–H and O–H groups in total. The molecular formula is C10H9BrClF3N2O. The maximum atomic E-state index is 12.7. The minimum Gasteiger partial charge on any atom is -0.379 e. The van der Waals surface area contributed by atoms with Crippen molar-refractivity contribution in [1.82, 2.24) is 4.98 Å². The summed E-state index contributed by atoms with van der Waals surface area (Å²) in [5, 5.41) is 9.95. The van der Waals surface area contributed by atoms with Gasteiger partial charge in [0.2, 0.25) is 0 Å². The SMILES string of the molecule is O[C@]1(C(F)(F)F)CCN(c2ncc(Cl)cc2Br)C1. The number of hydrogen-bond donors (Lipinski definition) is 1. The van der Waals surface area contributed by atoms with Gasteiger partial charge in [0.1, 0.15) is 5.82 Å². The van der Waals surface area contributed by atoms with Crippen LogP contribution in [0.2, 0.25) is 5.02 Å². The number of rotatable bonds is 1. The van der Waals surface area contributed by atoms with E-state index >= 15 is 0 Å². The van der Waals surface area contributed by atoms with Crippen LogP contribution in [0.1, 0.15) is 6.42 Å². The van der Waals surface area contributed by atoms with Crippen LogP contribution in [0.4, 0.5) is 19.0 Å². The summed E-state index contributed by atoms with van der Waals surface area (Å²) in [6.45, 7) is -0.438. The van der Waals surface area contributed by atoms with Crippen molar-refractivity contribution < 1.29 is 18.3 Å². The Balaban J connectivity index is 2.23. The normalized spacial score (nSPS) is 24.7. The van der Waals surface area contributed by atoms with E-state index in [1.807, 2.05) is 0 Å². The molecule has 1 aromatic heterocycles. The molecule has 8 heteroatoms. The van der Waals surface area contributed by atoms with E-state index < -0.39 is 18.3 Å². The van der Waals surface area contributed by atoms with E-state index in [1.54, 1.807) is 6.07 Å². The molecule has 0 spiro atoms. The zero-order valence-corrected chi connectivity index (χ0v) is 11.3. The maximum Gasteiger partial charge on any atom is 0.418 e. The molecule has 0 aliphatic carbocycles. The number of nitrogens with zero attached hydrogens (tertiary/aromatic N) is 2. The number of pyridine rings is 1. The van der Waals surface area contributed by atoms with Crippen molar-refractivity contribution in [2.75, 3.05) is 18.0 Å². The molecule has 0 bridgehead atoms. The molecule has 0 unspecified atom stereocenters. The third kappa shape index (κ3) is 2.44. The van der Waals surface area contributed by atoms with Crippen molar-refractivity contribution >= 4 is 33.3 Å². The fourth-order valence-corrected chi connectivity index (χ4v) is 2.74. The van der Waals surface area contributed by atoms with Gasteiger partial charge in [-0.2, -0.15) is 13.2 Å². The first kappa shape index (κ1) is 13.9. The summed E-state index contributed by atoms with van der Waals surface area (Å²) in [6, 6.07) is 1.55. The third-order valence-corrected chi connectivity index (χ3v) is 3.65. The Labute approximate surface area is 115 Å². The molecule has 18 heavy (non-hydrogen) atoms. The highest BCUT2D eigenvalue weighted by Crippen LogP contribution is 2.40. The Hall–Kier alpha value is -0.530. The summed E-state index contributed by atoms with van der Waals surface area (Å²) in [6.07, 6.45) is -3.65. The van der Waals surface area contributed by atoms with Gasteiger partial charge in [0.05, 0.1) is 16.0 Å². The van der Waals surface area contributed by atoms with Gasteiger partial charge in [-0.3, -0.25) is 0 Å². The molecule has 2 heterocycles. The summed E-state index contributed by atoms with van der Waals surface area (Å²) in [5.74, 6) is 0.347. The highest BCUT2D eigenvalue weighted by atomic mass is 79.9. The number of β-amino-alcohol motifs (C(OH)–C–C–N with tert-alkyl or cyclic N) is 1. The van der Waals surface area contributed by atoms with Crippen LogP contribution in [0.25, 0.3) is 0 Å². The highest BCUT2D eigenvalue weighted by molar-refractivity contribution is 9.10. The van der Waals surface area contributed by atoms with Crippen LogP contribution in [-0.4, -0.2) is 35.0 Å². The van der Waals surface area contributed by atoms with Gasteiger partial charge in [0, 0.05) is 19.2 Å². The summed E-state index contributed by atoms with van der Waals surface area (Å²) in [4.78, 5) is 5.36. The largest absolute Gasteiger partial charge is 0.418 e. The molecule has 1 fully saturated rings. The van der Waals surface area contributed by atoms with E-state index in [-0.39, 0.29) is 13.0 Å². The Morgan fingerprint density at radius 1 is 1.50 bits per heavy atom. The Bertz CT molecular complexity index is 471. The standard InChI is InChI=1S/C10H9BrClF3N2O/c11-7-3-6(12)4-16-8(7)17-2-1-9(18,5-17)10(13,14)15/h3-4,18H,1-2,5H2/t9-/m1/s1. The average Bonchev–Trinajstić information content (AvgIpc) is 2.61. The minimum atomic E-state index is -4.64. The van der Waals surface area contributed by atoms with Crippen LogP contribution >= 0.6 is 27.5 Å². The molecule has 3 nitrogen and oxygen atoms in total. The highest BCUT2D eigenvalue weighted by Gasteiger charge is 2.57. The van der Waals surface area contributed by atoms with E-state index in [4.69, 9.17) is 11.6 Å². The van der Waals surface area contributed by atoms with Crippen LogP contribution in [0, 0.1) is 0 Å². The lowest BCUT2D eigenvalue weighted by molar-refractivity contribution is -0.250. The van der Waals surface area contributed by atoms with Crippen molar-refractivity contribution in [3.05, 3.63) is 21.8 Å².